The van der Waals surface area contributed by atoms with Gasteiger partial charge in [-0.25, -0.2) is 0 Å². The van der Waals surface area contributed by atoms with Crippen LogP contribution in [0.25, 0.3) is 0 Å². The molecule has 1 heteroatoms. The van der Waals surface area contributed by atoms with Gasteiger partial charge in [0.05, 0.1) is 0 Å². The highest BCUT2D eigenvalue weighted by Crippen LogP contribution is 2.09. The predicted molar refractivity (Wildman–Crippen MR) is 42.3 cm³/mol. The van der Waals surface area contributed by atoms with E-state index in [0.29, 0.717) is 0 Å². The number of nitrogens with two attached hydrogens (primary N) is 1. The zero-order chi connectivity index (χ0) is 7.44. The van der Waals surface area contributed by atoms with Gasteiger partial charge in [0.25, 0.3) is 0 Å². The molecule has 54 valence electrons. The first-order valence-corrected chi connectivity index (χ1v) is 3.51. The van der Waals surface area contributed by atoms with Crippen LogP contribution in [0.1, 0.15) is 34.1 Å². The highest BCUT2D eigenvalue weighted by Gasteiger charge is 2.00. The molecule has 0 spiro atoms. The molecule has 0 aromatic rings. The lowest BCUT2D eigenvalue weighted by atomic mass is 10.0. The van der Waals surface area contributed by atoms with Gasteiger partial charge in [-0.2, -0.15) is 0 Å². The van der Waals surface area contributed by atoms with Crippen molar-refractivity contribution < 1.29 is 0 Å². The second-order valence-corrected chi connectivity index (χ2v) is 2.67. The molecule has 2 N–H and O–H groups in total. The SMILES string of the molecule is CCC(=C(C)C)C(C)N. The maximum Gasteiger partial charge on any atom is 0.0227 e. The van der Waals surface area contributed by atoms with Gasteiger partial charge in [0.2, 0.25) is 0 Å². The van der Waals surface area contributed by atoms with Gasteiger partial charge in [-0.05, 0) is 27.2 Å². The highest BCUT2D eigenvalue weighted by molar-refractivity contribution is 5.14. The smallest absolute Gasteiger partial charge is 0.0227 e. The number of hydrogen-bond donors (Lipinski definition) is 1. The summed E-state index contributed by atoms with van der Waals surface area (Å²) in [6, 6.07) is 0.236. The lowest BCUT2D eigenvalue weighted by Crippen LogP contribution is -2.18. The van der Waals surface area contributed by atoms with Crippen molar-refractivity contribution in [2.75, 3.05) is 0 Å². The monoisotopic (exact) mass is 127 g/mol. The Labute approximate surface area is 57.9 Å². The molecule has 0 amide bonds. The van der Waals surface area contributed by atoms with Crippen LogP contribution in [0.4, 0.5) is 0 Å². The van der Waals surface area contributed by atoms with Crippen molar-refractivity contribution in [1.82, 2.24) is 0 Å². The van der Waals surface area contributed by atoms with Gasteiger partial charge >= 0.3 is 0 Å². The zero-order valence-electron chi connectivity index (χ0n) is 6.86. The molecule has 0 aromatic heterocycles. The van der Waals surface area contributed by atoms with Gasteiger partial charge in [0.1, 0.15) is 0 Å². The van der Waals surface area contributed by atoms with E-state index in [1.807, 2.05) is 6.92 Å². The summed E-state index contributed by atoms with van der Waals surface area (Å²) in [6.45, 7) is 8.40. The summed E-state index contributed by atoms with van der Waals surface area (Å²) in [5.74, 6) is 0. The van der Waals surface area contributed by atoms with Crippen LogP contribution in [0.15, 0.2) is 11.1 Å². The molecule has 0 aromatic carbocycles. The van der Waals surface area contributed by atoms with Gasteiger partial charge < -0.3 is 5.73 Å². The lowest BCUT2D eigenvalue weighted by molar-refractivity contribution is 0.798. The summed E-state index contributed by atoms with van der Waals surface area (Å²) in [5.41, 5.74) is 8.44. The minimum Gasteiger partial charge on any atom is -0.324 e. The Morgan fingerprint density at radius 3 is 1.89 bits per heavy atom. The second kappa shape index (κ2) is 3.67. The minimum atomic E-state index is 0.236. The molecule has 0 rings (SSSR count). The van der Waals surface area contributed by atoms with Crippen LogP contribution in [-0.2, 0) is 0 Å². The quantitative estimate of drug-likeness (QED) is 0.565. The molecule has 0 saturated carbocycles. The number of hydrogen-bond acceptors (Lipinski definition) is 1. The molecule has 1 nitrogen and oxygen atoms in total. The second-order valence-electron chi connectivity index (χ2n) is 2.67. The van der Waals surface area contributed by atoms with E-state index in [4.69, 9.17) is 5.73 Å². The molecule has 9 heavy (non-hydrogen) atoms. The molecule has 0 aliphatic carbocycles. The van der Waals surface area contributed by atoms with E-state index < -0.39 is 0 Å². The first kappa shape index (κ1) is 8.70. The van der Waals surface area contributed by atoms with Crippen LogP contribution in [0.5, 0.6) is 0 Å². The zero-order valence-corrected chi connectivity index (χ0v) is 6.86. The van der Waals surface area contributed by atoms with Crippen molar-refractivity contribution in [3.63, 3.8) is 0 Å². The Balaban J connectivity index is 4.16. The highest BCUT2D eigenvalue weighted by atomic mass is 14.6. The third-order valence-corrected chi connectivity index (χ3v) is 1.57. The maximum atomic E-state index is 5.69. The van der Waals surface area contributed by atoms with Crippen molar-refractivity contribution in [3.8, 4) is 0 Å². The van der Waals surface area contributed by atoms with Gasteiger partial charge in [0, 0.05) is 6.04 Å². The van der Waals surface area contributed by atoms with E-state index in [2.05, 4.69) is 20.8 Å². The Bertz CT molecular complexity index is 108. The Kier molecular flexibility index (Phi) is 3.55. The fraction of sp³-hybridized carbons (Fsp3) is 0.750. The minimum absolute atomic E-state index is 0.236. The van der Waals surface area contributed by atoms with Crippen LogP contribution < -0.4 is 5.73 Å². The molecule has 1 unspecified atom stereocenters. The van der Waals surface area contributed by atoms with Gasteiger partial charge in [-0.15, -0.1) is 0 Å². The van der Waals surface area contributed by atoms with E-state index in [1.165, 1.54) is 11.1 Å². The molecule has 0 aliphatic heterocycles. The molecule has 0 aliphatic rings. The summed E-state index contributed by atoms with van der Waals surface area (Å²) in [4.78, 5) is 0. The van der Waals surface area contributed by atoms with Gasteiger partial charge in [-0.3, -0.25) is 0 Å². The molecule has 0 saturated heterocycles. The first-order chi connectivity index (χ1) is 4.09. The van der Waals surface area contributed by atoms with Crippen molar-refractivity contribution in [1.29, 1.82) is 0 Å². The van der Waals surface area contributed by atoms with E-state index in [9.17, 15) is 0 Å². The maximum absolute atomic E-state index is 5.69. The van der Waals surface area contributed by atoms with Crippen LogP contribution >= 0.6 is 0 Å². The molecule has 0 radical (unpaired) electrons. The normalized spacial score (nSPS) is 13.0. The van der Waals surface area contributed by atoms with Crippen molar-refractivity contribution >= 4 is 0 Å². The third-order valence-electron chi connectivity index (χ3n) is 1.57. The largest absolute Gasteiger partial charge is 0.324 e. The summed E-state index contributed by atoms with van der Waals surface area (Å²) in [6.07, 6.45) is 1.08. The molecular weight excluding hydrogens is 110 g/mol. The summed E-state index contributed by atoms with van der Waals surface area (Å²) in [5, 5.41) is 0. The van der Waals surface area contributed by atoms with Crippen molar-refractivity contribution in [2.45, 2.75) is 40.2 Å². The molecule has 0 fully saturated rings. The van der Waals surface area contributed by atoms with Crippen LogP contribution in [-0.4, -0.2) is 6.04 Å². The van der Waals surface area contributed by atoms with Crippen molar-refractivity contribution in [2.24, 2.45) is 5.73 Å². The average molecular weight is 127 g/mol. The first-order valence-electron chi connectivity index (χ1n) is 3.51. The predicted octanol–water partition coefficient (Wildman–Crippen LogP) is 2.08. The van der Waals surface area contributed by atoms with E-state index in [-0.39, 0.29) is 6.04 Å². The summed E-state index contributed by atoms with van der Waals surface area (Å²) >= 11 is 0. The van der Waals surface area contributed by atoms with E-state index in [0.717, 1.165) is 6.42 Å². The Hall–Kier alpha value is -0.300. The van der Waals surface area contributed by atoms with Gasteiger partial charge in [0.15, 0.2) is 0 Å². The van der Waals surface area contributed by atoms with Crippen LogP contribution in [0.2, 0.25) is 0 Å². The molecule has 1 atom stereocenters. The van der Waals surface area contributed by atoms with Crippen LogP contribution in [0.3, 0.4) is 0 Å². The standard InChI is InChI=1S/C8H17N/c1-5-8(6(2)3)7(4)9/h7H,5,9H2,1-4H3. The molecule has 0 bridgehead atoms. The molecule has 0 heterocycles. The molecular formula is C8H17N. The summed E-state index contributed by atoms with van der Waals surface area (Å²) < 4.78 is 0. The Morgan fingerprint density at radius 2 is 1.89 bits per heavy atom. The van der Waals surface area contributed by atoms with Crippen LogP contribution in [0, 0.1) is 0 Å². The topological polar surface area (TPSA) is 26.0 Å². The van der Waals surface area contributed by atoms with Gasteiger partial charge in [-0.1, -0.05) is 18.1 Å². The van der Waals surface area contributed by atoms with E-state index in [1.54, 1.807) is 0 Å². The number of allylic oxidation sites excluding steroid dienone is 1. The summed E-state index contributed by atoms with van der Waals surface area (Å²) in [7, 11) is 0. The van der Waals surface area contributed by atoms with Crippen molar-refractivity contribution in [3.05, 3.63) is 11.1 Å². The fourth-order valence-corrected chi connectivity index (χ4v) is 1.13. The number of rotatable bonds is 2. The fourth-order valence-electron chi connectivity index (χ4n) is 1.13. The lowest BCUT2D eigenvalue weighted by Gasteiger charge is -2.10. The average Bonchev–Trinajstić information content (AvgIpc) is 1.64. The van der Waals surface area contributed by atoms with E-state index >= 15 is 0 Å². The third kappa shape index (κ3) is 2.66. The Morgan fingerprint density at radius 1 is 1.44 bits per heavy atom.